The highest BCUT2D eigenvalue weighted by Crippen LogP contribution is 2.21. The third kappa shape index (κ3) is 3.12. The van der Waals surface area contributed by atoms with Gasteiger partial charge in [-0.3, -0.25) is 4.98 Å². The lowest BCUT2D eigenvalue weighted by Crippen LogP contribution is -2.33. The third-order valence-electron chi connectivity index (χ3n) is 3.26. The van der Waals surface area contributed by atoms with Crippen LogP contribution in [0, 0.1) is 6.92 Å². The molecule has 104 valence electrons. The monoisotopic (exact) mass is 270 g/mol. The Morgan fingerprint density at radius 3 is 2.70 bits per heavy atom. The zero-order chi connectivity index (χ0) is 13.8. The molecule has 0 radical (unpaired) electrons. The average molecular weight is 270 g/mol. The summed E-state index contributed by atoms with van der Waals surface area (Å²) in [6.07, 6.45) is 3.63. The molecule has 0 spiro atoms. The van der Waals surface area contributed by atoms with Crippen molar-refractivity contribution in [1.29, 1.82) is 0 Å². The number of morpholine rings is 1. The first-order valence-electron chi connectivity index (χ1n) is 6.79. The molecule has 1 aliphatic rings. The number of nitrogens with zero attached hydrogens (tertiary/aromatic N) is 2. The number of aromatic nitrogens is 2. The predicted molar refractivity (Wildman–Crippen MR) is 78.1 cm³/mol. The zero-order valence-corrected chi connectivity index (χ0v) is 11.5. The Balaban J connectivity index is 1.67. The maximum atomic E-state index is 5.73. The van der Waals surface area contributed by atoms with Gasteiger partial charge in [0.2, 0.25) is 0 Å². The van der Waals surface area contributed by atoms with Crippen LogP contribution >= 0.6 is 0 Å². The van der Waals surface area contributed by atoms with E-state index in [1.807, 2.05) is 19.1 Å². The maximum absolute atomic E-state index is 5.73. The lowest BCUT2D eigenvalue weighted by molar-refractivity contribution is 0.0277. The van der Waals surface area contributed by atoms with Crippen LogP contribution in [0.3, 0.4) is 0 Å². The predicted octanol–water partition coefficient (Wildman–Crippen LogP) is 2.19. The van der Waals surface area contributed by atoms with E-state index in [1.54, 1.807) is 12.4 Å². The summed E-state index contributed by atoms with van der Waals surface area (Å²) in [5.74, 6) is 0.749. The van der Waals surface area contributed by atoms with Gasteiger partial charge in [0.15, 0.2) is 0 Å². The molecule has 2 heterocycles. The van der Waals surface area contributed by atoms with Gasteiger partial charge in [-0.05, 0) is 24.6 Å². The molecule has 1 aromatic heterocycles. The quantitative estimate of drug-likeness (QED) is 0.895. The molecule has 1 saturated heterocycles. The summed E-state index contributed by atoms with van der Waals surface area (Å²) < 4.78 is 5.73. The van der Waals surface area contributed by atoms with E-state index in [2.05, 4.69) is 32.7 Å². The van der Waals surface area contributed by atoms with Crippen molar-refractivity contribution in [2.75, 3.05) is 25.0 Å². The molecule has 5 heteroatoms. The zero-order valence-electron chi connectivity index (χ0n) is 11.5. The Morgan fingerprint density at radius 2 is 2.05 bits per heavy atom. The lowest BCUT2D eigenvalue weighted by Gasteiger charge is -2.24. The van der Waals surface area contributed by atoms with Gasteiger partial charge in [-0.2, -0.15) is 0 Å². The molecular formula is C15H18N4O. The maximum Gasteiger partial charge on any atom is 0.148 e. The van der Waals surface area contributed by atoms with Crippen LogP contribution in [-0.2, 0) is 4.74 Å². The van der Waals surface area contributed by atoms with E-state index in [0.717, 1.165) is 36.9 Å². The number of hydrogen-bond donors (Lipinski definition) is 2. The van der Waals surface area contributed by atoms with E-state index in [1.165, 1.54) is 5.56 Å². The Kier molecular flexibility index (Phi) is 3.90. The SMILES string of the molecule is Cc1cnc(Nc2ccc(C3CNCCO3)cc2)cn1. The molecule has 2 N–H and O–H groups in total. The molecule has 1 aliphatic heterocycles. The van der Waals surface area contributed by atoms with E-state index in [4.69, 9.17) is 4.74 Å². The molecule has 2 aromatic rings. The Morgan fingerprint density at radius 1 is 1.20 bits per heavy atom. The van der Waals surface area contributed by atoms with Crippen LogP contribution in [0.4, 0.5) is 11.5 Å². The number of ether oxygens (including phenoxy) is 1. The summed E-state index contributed by atoms with van der Waals surface area (Å²) in [6.45, 7) is 4.49. The molecule has 3 rings (SSSR count). The van der Waals surface area contributed by atoms with E-state index in [-0.39, 0.29) is 6.10 Å². The normalized spacial score (nSPS) is 18.8. The van der Waals surface area contributed by atoms with Gasteiger partial charge >= 0.3 is 0 Å². The lowest BCUT2D eigenvalue weighted by atomic mass is 10.1. The van der Waals surface area contributed by atoms with E-state index >= 15 is 0 Å². The van der Waals surface area contributed by atoms with Crippen molar-refractivity contribution in [2.24, 2.45) is 0 Å². The molecule has 1 atom stereocenters. The Hall–Kier alpha value is -1.98. The molecule has 0 bridgehead atoms. The minimum absolute atomic E-state index is 0.150. The molecule has 0 aliphatic carbocycles. The summed E-state index contributed by atoms with van der Waals surface area (Å²) in [7, 11) is 0. The summed E-state index contributed by atoms with van der Waals surface area (Å²) in [6, 6.07) is 8.24. The fourth-order valence-electron chi connectivity index (χ4n) is 2.17. The van der Waals surface area contributed by atoms with Crippen LogP contribution in [0.25, 0.3) is 0 Å². The molecule has 20 heavy (non-hydrogen) atoms. The Bertz CT molecular complexity index is 547. The second-order valence-electron chi connectivity index (χ2n) is 4.85. The first kappa shape index (κ1) is 13.0. The third-order valence-corrected chi connectivity index (χ3v) is 3.26. The summed E-state index contributed by atoms with van der Waals surface area (Å²) in [5.41, 5.74) is 3.10. The highest BCUT2D eigenvalue weighted by Gasteiger charge is 2.15. The van der Waals surface area contributed by atoms with Gasteiger partial charge in [-0.1, -0.05) is 12.1 Å². The van der Waals surface area contributed by atoms with Gasteiger partial charge in [0, 0.05) is 18.8 Å². The molecule has 0 amide bonds. The van der Waals surface area contributed by atoms with E-state index < -0.39 is 0 Å². The van der Waals surface area contributed by atoms with Crippen molar-refractivity contribution in [1.82, 2.24) is 15.3 Å². The number of anilines is 2. The van der Waals surface area contributed by atoms with Crippen molar-refractivity contribution < 1.29 is 4.74 Å². The average Bonchev–Trinajstić information content (AvgIpc) is 2.51. The van der Waals surface area contributed by atoms with Crippen molar-refractivity contribution >= 4 is 11.5 Å². The van der Waals surface area contributed by atoms with Crippen LogP contribution in [0.2, 0.25) is 0 Å². The van der Waals surface area contributed by atoms with Crippen molar-refractivity contribution in [3.05, 3.63) is 47.9 Å². The number of aryl methyl sites for hydroxylation is 1. The second kappa shape index (κ2) is 5.98. The highest BCUT2D eigenvalue weighted by atomic mass is 16.5. The standard InChI is InChI=1S/C15H18N4O/c1-11-8-18-15(10-17-11)19-13-4-2-12(3-5-13)14-9-16-6-7-20-14/h2-5,8,10,14,16H,6-7,9H2,1H3,(H,18,19). The van der Waals surface area contributed by atoms with Crippen LogP contribution < -0.4 is 10.6 Å². The number of benzene rings is 1. The molecule has 0 saturated carbocycles. The van der Waals surface area contributed by atoms with E-state index in [0.29, 0.717) is 0 Å². The van der Waals surface area contributed by atoms with E-state index in [9.17, 15) is 0 Å². The van der Waals surface area contributed by atoms with Crippen LogP contribution in [0.15, 0.2) is 36.7 Å². The molecule has 1 fully saturated rings. The van der Waals surface area contributed by atoms with Gasteiger partial charge in [-0.25, -0.2) is 4.98 Å². The largest absolute Gasteiger partial charge is 0.371 e. The molecular weight excluding hydrogens is 252 g/mol. The fourth-order valence-corrected chi connectivity index (χ4v) is 2.17. The minimum Gasteiger partial charge on any atom is -0.371 e. The van der Waals surface area contributed by atoms with Crippen LogP contribution in [0.1, 0.15) is 17.4 Å². The van der Waals surface area contributed by atoms with Crippen molar-refractivity contribution in [3.63, 3.8) is 0 Å². The smallest absolute Gasteiger partial charge is 0.148 e. The number of rotatable bonds is 3. The summed E-state index contributed by atoms with van der Waals surface area (Å²) >= 11 is 0. The molecule has 1 unspecified atom stereocenters. The second-order valence-corrected chi connectivity index (χ2v) is 4.85. The first-order chi connectivity index (χ1) is 9.81. The minimum atomic E-state index is 0.150. The Labute approximate surface area is 118 Å². The topological polar surface area (TPSA) is 59.1 Å². The van der Waals surface area contributed by atoms with Gasteiger partial charge in [-0.15, -0.1) is 0 Å². The highest BCUT2D eigenvalue weighted by molar-refractivity contribution is 5.55. The van der Waals surface area contributed by atoms with Gasteiger partial charge in [0.1, 0.15) is 5.82 Å². The first-order valence-corrected chi connectivity index (χ1v) is 6.79. The van der Waals surface area contributed by atoms with Crippen LogP contribution in [0.5, 0.6) is 0 Å². The number of hydrogen-bond acceptors (Lipinski definition) is 5. The van der Waals surface area contributed by atoms with Gasteiger partial charge in [0.05, 0.1) is 30.8 Å². The summed E-state index contributed by atoms with van der Waals surface area (Å²) in [4.78, 5) is 8.49. The van der Waals surface area contributed by atoms with Crippen molar-refractivity contribution in [2.45, 2.75) is 13.0 Å². The van der Waals surface area contributed by atoms with Gasteiger partial charge < -0.3 is 15.4 Å². The van der Waals surface area contributed by atoms with Gasteiger partial charge in [0.25, 0.3) is 0 Å². The number of nitrogens with one attached hydrogen (secondary N) is 2. The molecule has 5 nitrogen and oxygen atoms in total. The molecule has 1 aromatic carbocycles. The van der Waals surface area contributed by atoms with Crippen LogP contribution in [-0.4, -0.2) is 29.7 Å². The van der Waals surface area contributed by atoms with Crippen molar-refractivity contribution in [3.8, 4) is 0 Å². The fraction of sp³-hybridized carbons (Fsp3) is 0.333. The summed E-state index contributed by atoms with van der Waals surface area (Å²) in [5, 5.41) is 6.57.